The molecule has 1 aromatic heterocycles. The van der Waals surface area contributed by atoms with Crippen molar-refractivity contribution >= 4 is 11.8 Å². The van der Waals surface area contributed by atoms with Gasteiger partial charge >= 0.3 is 6.09 Å². The number of carbonyl (C=O) groups excluding carboxylic acids is 1. The van der Waals surface area contributed by atoms with E-state index in [0.29, 0.717) is 30.9 Å². The normalized spacial score (nSPS) is 22.4. The van der Waals surface area contributed by atoms with Crippen LogP contribution in [0.15, 0.2) is 48.8 Å². The first-order valence-electron chi connectivity index (χ1n) is 17.0. The Balaban J connectivity index is 1.21. The highest BCUT2D eigenvalue weighted by Gasteiger charge is 2.53. The van der Waals surface area contributed by atoms with Gasteiger partial charge in [-0.3, -0.25) is 9.58 Å². The van der Waals surface area contributed by atoms with E-state index in [4.69, 9.17) is 4.74 Å². The van der Waals surface area contributed by atoms with Crippen molar-refractivity contribution in [2.24, 2.45) is 11.8 Å². The molecular formula is C36H45F3N8O2. The second-order valence-corrected chi connectivity index (χ2v) is 14.3. The second kappa shape index (κ2) is 14.4. The van der Waals surface area contributed by atoms with Crippen LogP contribution in [0.2, 0.25) is 0 Å². The Bertz CT molecular complexity index is 1650. The predicted octanol–water partition coefficient (Wildman–Crippen LogP) is 4.89. The monoisotopic (exact) mass is 678 g/mol. The van der Waals surface area contributed by atoms with Crippen LogP contribution >= 0.6 is 0 Å². The summed E-state index contributed by atoms with van der Waals surface area (Å²) in [6, 6.07) is 11.9. The van der Waals surface area contributed by atoms with E-state index in [0.717, 1.165) is 37.7 Å². The smallest absolute Gasteiger partial charge is 0.407 e. The zero-order valence-corrected chi connectivity index (χ0v) is 28.4. The summed E-state index contributed by atoms with van der Waals surface area (Å²) in [6.07, 6.45) is 6.97. The first-order valence-corrected chi connectivity index (χ1v) is 17.0. The molecule has 0 radical (unpaired) electrons. The molecule has 1 saturated carbocycles. The number of piperidine rings is 1. The number of benzene rings is 2. The Hall–Kier alpha value is -4.15. The highest BCUT2D eigenvalue weighted by molar-refractivity contribution is 5.67. The largest absolute Gasteiger partial charge is 0.453 e. The number of anilines is 1. The van der Waals surface area contributed by atoms with Crippen LogP contribution in [0.1, 0.15) is 48.8 Å². The lowest BCUT2D eigenvalue weighted by Crippen LogP contribution is -2.65. The summed E-state index contributed by atoms with van der Waals surface area (Å²) in [5.74, 6) is -0.740. The van der Waals surface area contributed by atoms with E-state index < -0.39 is 23.0 Å². The van der Waals surface area contributed by atoms with Crippen molar-refractivity contribution in [3.8, 4) is 6.07 Å². The third kappa shape index (κ3) is 7.12. The number of hydrogen-bond donors (Lipinski definition) is 1. The number of amides is 1. The van der Waals surface area contributed by atoms with Gasteiger partial charge in [-0.25, -0.2) is 18.0 Å². The molecule has 10 nitrogen and oxygen atoms in total. The predicted molar refractivity (Wildman–Crippen MR) is 178 cm³/mol. The second-order valence-electron chi connectivity index (χ2n) is 14.3. The first kappa shape index (κ1) is 34.7. The van der Waals surface area contributed by atoms with Gasteiger partial charge in [0.05, 0.1) is 50.3 Å². The van der Waals surface area contributed by atoms with E-state index in [1.54, 1.807) is 44.9 Å². The van der Waals surface area contributed by atoms with Crippen molar-refractivity contribution in [3.63, 3.8) is 0 Å². The van der Waals surface area contributed by atoms with Crippen LogP contribution in [0.4, 0.5) is 23.7 Å². The standard InChI is InChI=1S/C36H45F3N8O2/c1-44(2)20-29-25(19-40)10-11-32(33(29)38)46-22-35(39,23-46)21-45-15-12-26(13-16-45)36(24-47-17-14-41-43-47,27-6-4-7-28(37)18-27)30-8-5-9-31(30)42-34(48)49-3/h4,6-7,10-11,14,17-18,26,30-31H,5,8-9,12-13,15-16,20-24H2,1-3H3,(H,42,48)/t30-,31-,36-/m0/s1. The van der Waals surface area contributed by atoms with E-state index in [9.17, 15) is 14.4 Å². The topological polar surface area (TPSA) is 103 Å². The van der Waals surface area contributed by atoms with Crippen LogP contribution in [0.25, 0.3) is 0 Å². The van der Waals surface area contributed by atoms with Gasteiger partial charge in [0, 0.05) is 36.3 Å². The number of likely N-dealkylation sites (tertiary alicyclic amines) is 1. The van der Waals surface area contributed by atoms with Crippen molar-refractivity contribution < 1.29 is 22.7 Å². The maximum absolute atomic E-state index is 16.2. The van der Waals surface area contributed by atoms with Crippen LogP contribution in [0, 0.1) is 34.8 Å². The summed E-state index contributed by atoms with van der Waals surface area (Å²) in [6.45, 7) is 2.39. The number of nitriles is 1. The van der Waals surface area contributed by atoms with Crippen molar-refractivity contribution in [1.82, 2.24) is 30.1 Å². The van der Waals surface area contributed by atoms with Crippen molar-refractivity contribution in [3.05, 3.63) is 77.1 Å². The lowest BCUT2D eigenvalue weighted by molar-refractivity contribution is 0.0198. The van der Waals surface area contributed by atoms with Gasteiger partial charge in [0.25, 0.3) is 0 Å². The molecule has 1 N–H and O–H groups in total. The molecule has 3 fully saturated rings. The Labute approximate surface area is 285 Å². The number of rotatable bonds is 11. The molecule has 3 heterocycles. The van der Waals surface area contributed by atoms with Crippen LogP contribution in [-0.2, 0) is 23.2 Å². The van der Waals surface area contributed by atoms with Crippen LogP contribution in [-0.4, -0.2) is 96.5 Å². The molecule has 1 aliphatic carbocycles. The zero-order chi connectivity index (χ0) is 34.8. The number of nitrogens with one attached hydrogen (secondary N) is 1. The Morgan fingerprint density at radius 2 is 1.94 bits per heavy atom. The number of alkyl halides is 1. The molecule has 0 bridgehead atoms. The summed E-state index contributed by atoms with van der Waals surface area (Å²) in [7, 11) is 4.98. The maximum atomic E-state index is 16.2. The van der Waals surface area contributed by atoms with Crippen LogP contribution < -0.4 is 10.2 Å². The number of hydrogen-bond acceptors (Lipinski definition) is 8. The van der Waals surface area contributed by atoms with E-state index in [2.05, 4.69) is 26.6 Å². The van der Waals surface area contributed by atoms with Crippen molar-refractivity contribution in [2.75, 3.05) is 58.8 Å². The SMILES string of the molecule is COC(=O)N[C@H]1CCC[C@@H]1[C@](Cn1ccnn1)(c1cccc(F)c1)C1CCN(CC2(F)CN(c3ccc(C#N)c(CN(C)C)c3F)C2)CC1. The van der Waals surface area contributed by atoms with Gasteiger partial charge < -0.3 is 19.9 Å². The van der Waals surface area contributed by atoms with Gasteiger partial charge in [0.15, 0.2) is 11.5 Å². The van der Waals surface area contributed by atoms with E-state index in [1.165, 1.54) is 13.2 Å². The molecular weight excluding hydrogens is 633 g/mol. The van der Waals surface area contributed by atoms with Crippen LogP contribution in [0.3, 0.4) is 0 Å². The average molecular weight is 679 g/mol. The molecule has 2 saturated heterocycles. The highest BCUT2D eigenvalue weighted by atomic mass is 19.1. The van der Waals surface area contributed by atoms with Crippen molar-refractivity contribution in [2.45, 2.75) is 62.3 Å². The van der Waals surface area contributed by atoms with Gasteiger partial charge in [-0.2, -0.15) is 5.26 Å². The molecule has 3 aromatic rings. The minimum atomic E-state index is -1.50. The molecule has 3 atom stereocenters. The third-order valence-electron chi connectivity index (χ3n) is 10.9. The molecule has 2 aromatic carbocycles. The van der Waals surface area contributed by atoms with Gasteiger partial charge in [-0.15, -0.1) is 5.10 Å². The minimum Gasteiger partial charge on any atom is -0.453 e. The molecule has 1 amide bonds. The number of halogens is 3. The lowest BCUT2D eigenvalue weighted by Gasteiger charge is -2.52. The summed E-state index contributed by atoms with van der Waals surface area (Å²) >= 11 is 0. The summed E-state index contributed by atoms with van der Waals surface area (Å²) in [5.41, 5.74) is -0.309. The van der Waals surface area contributed by atoms with Crippen molar-refractivity contribution in [1.29, 1.82) is 5.26 Å². The Kier molecular flexibility index (Phi) is 10.2. The third-order valence-corrected chi connectivity index (χ3v) is 10.9. The van der Waals surface area contributed by atoms with Gasteiger partial charge in [0.2, 0.25) is 0 Å². The number of ether oxygens (including phenoxy) is 1. The molecule has 2 aliphatic heterocycles. The number of nitrogens with zero attached hydrogens (tertiary/aromatic N) is 7. The summed E-state index contributed by atoms with van der Waals surface area (Å²) < 4.78 is 53.5. The van der Waals surface area contributed by atoms with E-state index in [1.807, 2.05) is 26.4 Å². The van der Waals surface area contributed by atoms with Gasteiger partial charge in [-0.1, -0.05) is 23.8 Å². The molecule has 0 spiro atoms. The fraction of sp³-hybridized carbons (Fsp3) is 0.556. The Morgan fingerprint density at radius 3 is 2.59 bits per heavy atom. The molecule has 262 valence electrons. The zero-order valence-electron chi connectivity index (χ0n) is 28.4. The molecule has 0 unspecified atom stereocenters. The van der Waals surface area contributed by atoms with Crippen LogP contribution in [0.5, 0.6) is 0 Å². The summed E-state index contributed by atoms with van der Waals surface area (Å²) in [5, 5.41) is 20.9. The van der Waals surface area contributed by atoms with Gasteiger partial charge in [-0.05, 0) is 94.5 Å². The minimum absolute atomic E-state index is 0.0263. The quantitative estimate of drug-likeness (QED) is 0.306. The fourth-order valence-corrected chi connectivity index (χ4v) is 8.76. The van der Waals surface area contributed by atoms with E-state index >= 15 is 8.78 Å². The first-order chi connectivity index (χ1) is 23.5. The fourth-order valence-electron chi connectivity index (χ4n) is 8.76. The summed E-state index contributed by atoms with van der Waals surface area (Å²) in [4.78, 5) is 18.1. The molecule has 49 heavy (non-hydrogen) atoms. The molecule has 3 aliphatic rings. The number of methoxy groups -OCH3 is 1. The van der Waals surface area contributed by atoms with Gasteiger partial charge in [0.1, 0.15) is 5.82 Å². The number of carbonyl (C=O) groups is 1. The average Bonchev–Trinajstić information content (AvgIpc) is 3.76. The Morgan fingerprint density at radius 1 is 1.16 bits per heavy atom. The molecule has 6 rings (SSSR count). The highest BCUT2D eigenvalue weighted by Crippen LogP contribution is 2.52. The lowest BCUT2D eigenvalue weighted by atomic mass is 9.58. The number of aromatic nitrogens is 3. The van der Waals surface area contributed by atoms with E-state index in [-0.39, 0.29) is 55.4 Å². The number of alkyl carbamates (subject to hydrolysis) is 1. The maximum Gasteiger partial charge on any atom is 0.407 e. The molecule has 13 heteroatoms.